The van der Waals surface area contributed by atoms with Crippen LogP contribution in [0.15, 0.2) is 66.4 Å². The molecule has 2 bridgehead atoms. The second kappa shape index (κ2) is 28.1. The molecule has 8 N–H and O–H groups in total. The maximum Gasteiger partial charge on any atom is 0.329 e. The van der Waals surface area contributed by atoms with Crippen molar-refractivity contribution >= 4 is 64.0 Å². The van der Waals surface area contributed by atoms with Crippen molar-refractivity contribution in [2.24, 2.45) is 11.8 Å². The first kappa shape index (κ1) is 59.9. The van der Waals surface area contributed by atoms with Gasteiger partial charge in [-0.05, 0) is 68.2 Å². The summed E-state index contributed by atoms with van der Waals surface area (Å²) in [6.07, 6.45) is -0.195. The molecule has 2 aliphatic rings. The topological polar surface area (TPSA) is 299 Å². The molecule has 0 aromatic heterocycles. The Kier molecular flexibility index (Phi) is 22.8. The lowest BCUT2D eigenvalue weighted by Gasteiger charge is -2.43. The van der Waals surface area contributed by atoms with E-state index in [4.69, 9.17) is 4.74 Å². The number of aliphatic hydroxyl groups excluding tert-OH is 1. The largest absolute Gasteiger partial charge is 0.508 e. The molecule has 0 radical (unpaired) electrons. The number of phenolic OH excluding ortho intramolecular Hbond substituents is 1. The van der Waals surface area contributed by atoms with E-state index < -0.39 is 125 Å². The molecule has 2 fully saturated rings. The lowest BCUT2D eigenvalue weighted by Crippen LogP contribution is -2.64. The van der Waals surface area contributed by atoms with Crippen LogP contribution in [0.3, 0.4) is 0 Å². The highest BCUT2D eigenvalue weighted by atomic mass is 32.2. The van der Waals surface area contributed by atoms with Crippen molar-refractivity contribution in [3.63, 3.8) is 0 Å². The summed E-state index contributed by atoms with van der Waals surface area (Å²) in [7, 11) is -0.212. The third-order valence-electron chi connectivity index (χ3n) is 13.2. The number of aliphatic hydroxyl groups is 1. The molecule has 406 valence electrons. The molecule has 2 aliphatic heterocycles. The number of fused-ring (bicyclic) bond motifs is 2. The average molecular weight is 1050 g/mol. The molecule has 0 spiro atoms. The van der Waals surface area contributed by atoms with Crippen molar-refractivity contribution in [3.8, 4) is 5.75 Å². The Balaban J connectivity index is 1.79. The Morgan fingerprint density at radius 2 is 1.50 bits per heavy atom. The number of cyclic esters (lactones) is 1. The Hall–Kier alpha value is -6.68. The number of hydrogen-bond donors (Lipinski definition) is 8. The molecule has 2 heterocycles. The van der Waals surface area contributed by atoms with Crippen molar-refractivity contribution in [2.75, 3.05) is 19.1 Å². The van der Waals surface area contributed by atoms with Crippen LogP contribution in [0.1, 0.15) is 98.1 Å². The van der Waals surface area contributed by atoms with Gasteiger partial charge >= 0.3 is 5.97 Å². The summed E-state index contributed by atoms with van der Waals surface area (Å²) in [4.78, 5) is 129. The smallest absolute Gasteiger partial charge is 0.329 e. The minimum atomic E-state index is -1.77. The first-order valence-corrected chi connectivity index (χ1v) is 26.8. The fraction of sp³-hybridized carbons (Fsp3) is 0.558. The maximum atomic E-state index is 15.0. The molecule has 0 saturated carbocycles. The second-order valence-corrected chi connectivity index (χ2v) is 20.8. The van der Waals surface area contributed by atoms with Gasteiger partial charge in [0.15, 0.2) is 0 Å². The van der Waals surface area contributed by atoms with E-state index in [0.29, 0.717) is 24.0 Å². The summed E-state index contributed by atoms with van der Waals surface area (Å²) < 4.78 is 18.5. The predicted molar refractivity (Wildman–Crippen MR) is 274 cm³/mol. The van der Waals surface area contributed by atoms with E-state index in [-0.39, 0.29) is 61.1 Å². The van der Waals surface area contributed by atoms with E-state index in [2.05, 4.69) is 31.9 Å². The number of benzene rings is 2. The average Bonchev–Trinajstić information content (AvgIpc) is 3.34. The summed E-state index contributed by atoms with van der Waals surface area (Å²) in [5.41, 5.74) is 0.717. The molecule has 0 aliphatic carbocycles. The van der Waals surface area contributed by atoms with Gasteiger partial charge in [-0.15, -0.1) is 0 Å². The number of hydrogen-bond acceptors (Lipinski definition) is 13. The third-order valence-corrected chi connectivity index (χ3v) is 14.0. The highest BCUT2D eigenvalue weighted by Gasteiger charge is 2.45. The number of likely N-dealkylation sites (N-methyl/N-ethyl adjacent to an activating group) is 1. The van der Waals surface area contributed by atoms with Gasteiger partial charge in [-0.2, -0.15) is 0 Å². The molecule has 11 atom stereocenters. The fourth-order valence-corrected chi connectivity index (χ4v) is 9.49. The molecular formula is C52H74N8O13S. The van der Waals surface area contributed by atoms with Crippen LogP contribution in [-0.2, 0) is 71.5 Å². The van der Waals surface area contributed by atoms with Crippen molar-refractivity contribution in [3.05, 3.63) is 77.5 Å². The number of ether oxygens (including phenoxy) is 1. The maximum absolute atomic E-state index is 15.0. The van der Waals surface area contributed by atoms with Gasteiger partial charge in [0.05, 0.1) is 0 Å². The zero-order valence-electron chi connectivity index (χ0n) is 43.7. The van der Waals surface area contributed by atoms with Gasteiger partial charge in [0, 0.05) is 61.6 Å². The standard InChI is InChI=1S/C52H74N8O13S/c1-10-16-40(62)56-44(30(6)11-2)48(67)53-34(28-74(9)72)27-41(63)57-45-31(7)73-52(71)43(29(4)5)58-47(66)38(25-33-19-21-35(61)22-20-33)59(8)51(70)39(26-32-17-14-13-15-18-32)60-42(64)24-23-37(50(60)69)55-46(65)36(12-3)54-49(45)68/h12-15,17-22,29-31,34,37-39,42-45,61,64H,10-11,16,23-28H2,1-9H3,(H,53,67)(H,54,68)(H,55,65)(H,56,62)(H,57,63)(H,58,66)/b36-12+/t30-,31+,34-,37-,38-,39-,42+,43?,44-,45-,74?/m0/s1. The number of carbonyl (C=O) groups is 9. The van der Waals surface area contributed by atoms with Crippen LogP contribution in [0.2, 0.25) is 0 Å². The van der Waals surface area contributed by atoms with Crippen LogP contribution < -0.4 is 31.9 Å². The van der Waals surface area contributed by atoms with Crippen LogP contribution in [0.4, 0.5) is 0 Å². The second-order valence-electron chi connectivity index (χ2n) is 19.3. The molecule has 2 unspecified atom stereocenters. The van der Waals surface area contributed by atoms with Crippen molar-refractivity contribution < 1.29 is 62.3 Å². The Bertz CT molecular complexity index is 2390. The fourth-order valence-electron chi connectivity index (χ4n) is 8.72. The van der Waals surface area contributed by atoms with E-state index in [1.54, 1.807) is 63.2 Å². The van der Waals surface area contributed by atoms with Crippen LogP contribution in [0, 0.1) is 11.8 Å². The van der Waals surface area contributed by atoms with E-state index in [0.717, 1.165) is 9.80 Å². The number of esters is 1. The lowest BCUT2D eigenvalue weighted by molar-refractivity contribution is -0.165. The number of nitrogens with zero attached hydrogens (tertiary/aromatic N) is 2. The number of allylic oxidation sites excluding steroid dienone is 1. The highest BCUT2D eigenvalue weighted by Crippen LogP contribution is 2.26. The van der Waals surface area contributed by atoms with Crippen molar-refractivity contribution in [1.29, 1.82) is 0 Å². The zero-order valence-corrected chi connectivity index (χ0v) is 44.5. The van der Waals surface area contributed by atoms with Crippen LogP contribution in [0.25, 0.3) is 0 Å². The molecule has 2 saturated heterocycles. The van der Waals surface area contributed by atoms with E-state index in [1.807, 2.05) is 13.8 Å². The number of nitrogens with one attached hydrogen (secondary N) is 6. The lowest BCUT2D eigenvalue weighted by atomic mass is 9.95. The number of phenols is 1. The van der Waals surface area contributed by atoms with Gasteiger partial charge in [0.2, 0.25) is 35.4 Å². The van der Waals surface area contributed by atoms with E-state index in [9.17, 15) is 52.8 Å². The summed E-state index contributed by atoms with van der Waals surface area (Å²) >= 11 is 0. The monoisotopic (exact) mass is 1050 g/mol. The predicted octanol–water partition coefficient (Wildman–Crippen LogP) is 0.974. The normalized spacial score (nSPS) is 24.7. The van der Waals surface area contributed by atoms with Gasteiger partial charge in [-0.25, -0.2) is 4.79 Å². The van der Waals surface area contributed by atoms with Crippen LogP contribution in [-0.4, -0.2) is 151 Å². The van der Waals surface area contributed by atoms with Gasteiger partial charge < -0.3 is 56.7 Å². The van der Waals surface area contributed by atoms with Crippen LogP contribution in [0.5, 0.6) is 5.75 Å². The molecule has 4 rings (SSSR count). The quantitative estimate of drug-likeness (QED) is 0.0811. The first-order valence-electron chi connectivity index (χ1n) is 25.1. The summed E-state index contributed by atoms with van der Waals surface area (Å²) in [5, 5.41) is 37.4. The van der Waals surface area contributed by atoms with Gasteiger partial charge in [-0.3, -0.25) is 42.6 Å². The molecule has 2 aromatic rings. The van der Waals surface area contributed by atoms with Crippen molar-refractivity contribution in [1.82, 2.24) is 41.7 Å². The third kappa shape index (κ3) is 16.7. The van der Waals surface area contributed by atoms with E-state index in [1.165, 1.54) is 45.4 Å². The molecule has 21 nitrogen and oxygen atoms in total. The number of aromatic hydroxyl groups is 1. The molecule has 8 amide bonds. The SMILES string of the molecule is C/C=C1/NC(=O)[C@@H](NC(=O)C[C@@H](CS(C)=O)NC(=O)[C@@H](NC(=O)CCC)[C@@H](C)CC)[C@@H](C)OC(=O)C(C(C)C)NC(=O)[C@H](Cc2ccc(O)cc2)N(C)C(=O)[C@H](Cc2ccccc2)N2C(=O)[C@H](CC[C@H]2O)NC1=O. The molecule has 22 heteroatoms. The van der Waals surface area contributed by atoms with Gasteiger partial charge in [0.25, 0.3) is 11.8 Å². The number of carbonyl (C=O) groups excluding carboxylic acids is 9. The van der Waals surface area contributed by atoms with Gasteiger partial charge in [-0.1, -0.05) is 89.6 Å². The summed E-state index contributed by atoms with van der Waals surface area (Å²) in [6, 6.07) is 5.15. The number of amides is 8. The summed E-state index contributed by atoms with van der Waals surface area (Å²) in [6.45, 7) is 11.4. The highest BCUT2D eigenvalue weighted by molar-refractivity contribution is 7.84. The molecule has 2 aromatic carbocycles. The summed E-state index contributed by atoms with van der Waals surface area (Å²) in [5.74, 6) is -8.58. The Morgan fingerprint density at radius 3 is 2.09 bits per heavy atom. The van der Waals surface area contributed by atoms with Crippen LogP contribution >= 0.6 is 0 Å². The molecular weight excluding hydrogens is 977 g/mol. The first-order chi connectivity index (χ1) is 35.0. The minimum Gasteiger partial charge on any atom is -0.508 e. The Labute approximate surface area is 435 Å². The van der Waals surface area contributed by atoms with Gasteiger partial charge in [0.1, 0.15) is 60.0 Å². The number of rotatable bonds is 17. The zero-order chi connectivity index (χ0) is 55.0. The molecule has 74 heavy (non-hydrogen) atoms. The minimum absolute atomic E-state index is 0.0598. The van der Waals surface area contributed by atoms with Crippen molar-refractivity contribution in [2.45, 2.75) is 154 Å². The van der Waals surface area contributed by atoms with E-state index >= 15 is 4.79 Å². The number of piperidine rings is 1. The Morgan fingerprint density at radius 1 is 0.865 bits per heavy atom.